The standard InChI is InChI=1S/C10H16O2/c1-7-3-4-8-5-10(7,12)9(8,2)6-11/h3,8,11-12H,4-6H2,1-2H3/t8-,9+,10+/m1/s1. The van der Waals surface area contributed by atoms with Gasteiger partial charge in [0.25, 0.3) is 0 Å². The van der Waals surface area contributed by atoms with Crippen molar-refractivity contribution in [1.82, 2.24) is 0 Å². The number of aliphatic hydroxyl groups is 2. The second-order valence-electron chi connectivity index (χ2n) is 4.46. The molecule has 0 heterocycles. The largest absolute Gasteiger partial charge is 0.396 e. The van der Waals surface area contributed by atoms with E-state index in [1.54, 1.807) is 0 Å². The average Bonchev–Trinajstić information content (AvgIpc) is 2.07. The second-order valence-corrected chi connectivity index (χ2v) is 4.46. The molecule has 3 aliphatic carbocycles. The third-order valence-electron chi connectivity index (χ3n) is 4.08. The van der Waals surface area contributed by atoms with E-state index in [1.165, 1.54) is 0 Å². The van der Waals surface area contributed by atoms with Crippen molar-refractivity contribution in [3.63, 3.8) is 0 Å². The van der Waals surface area contributed by atoms with E-state index >= 15 is 0 Å². The summed E-state index contributed by atoms with van der Waals surface area (Å²) in [4.78, 5) is 0. The summed E-state index contributed by atoms with van der Waals surface area (Å²) in [5, 5.41) is 19.4. The Hall–Kier alpha value is -0.340. The lowest BCUT2D eigenvalue weighted by Gasteiger charge is -2.62. The Kier molecular flexibility index (Phi) is 1.46. The molecule has 2 bridgehead atoms. The van der Waals surface area contributed by atoms with Gasteiger partial charge in [0.05, 0.1) is 12.2 Å². The molecule has 0 aromatic heterocycles. The van der Waals surface area contributed by atoms with Crippen LogP contribution in [0.5, 0.6) is 0 Å². The Morgan fingerprint density at radius 3 is 2.75 bits per heavy atom. The summed E-state index contributed by atoms with van der Waals surface area (Å²) in [5.41, 5.74) is 0.0674. The van der Waals surface area contributed by atoms with Crippen LogP contribution in [0.15, 0.2) is 11.6 Å². The first-order valence-corrected chi connectivity index (χ1v) is 4.55. The van der Waals surface area contributed by atoms with Crippen molar-refractivity contribution >= 4 is 0 Å². The molecule has 0 saturated heterocycles. The van der Waals surface area contributed by atoms with Gasteiger partial charge in [0, 0.05) is 5.41 Å². The second kappa shape index (κ2) is 2.12. The van der Waals surface area contributed by atoms with E-state index < -0.39 is 5.60 Å². The van der Waals surface area contributed by atoms with Gasteiger partial charge in [-0.25, -0.2) is 0 Å². The van der Waals surface area contributed by atoms with Crippen LogP contribution in [0.4, 0.5) is 0 Å². The van der Waals surface area contributed by atoms with Gasteiger partial charge in [-0.15, -0.1) is 0 Å². The molecule has 0 aliphatic heterocycles. The summed E-state index contributed by atoms with van der Waals surface area (Å²) in [6.07, 6.45) is 3.96. The molecule has 0 radical (unpaired) electrons. The summed E-state index contributed by atoms with van der Waals surface area (Å²) in [5.74, 6) is 0.483. The quantitative estimate of drug-likeness (QED) is 0.575. The first-order chi connectivity index (χ1) is 5.54. The predicted molar refractivity (Wildman–Crippen MR) is 46.6 cm³/mol. The van der Waals surface area contributed by atoms with E-state index in [1.807, 2.05) is 13.8 Å². The summed E-state index contributed by atoms with van der Waals surface area (Å²) >= 11 is 0. The third-order valence-corrected chi connectivity index (χ3v) is 4.08. The third kappa shape index (κ3) is 0.639. The highest BCUT2D eigenvalue weighted by molar-refractivity contribution is 5.32. The van der Waals surface area contributed by atoms with Crippen molar-refractivity contribution in [3.05, 3.63) is 11.6 Å². The molecule has 1 saturated carbocycles. The predicted octanol–water partition coefficient (Wildman–Crippen LogP) is 1.09. The molecule has 2 heteroatoms. The Labute approximate surface area is 72.9 Å². The Bertz CT molecular complexity index is 246. The minimum atomic E-state index is -0.704. The monoisotopic (exact) mass is 168 g/mol. The van der Waals surface area contributed by atoms with Gasteiger partial charge in [-0.1, -0.05) is 13.0 Å². The topological polar surface area (TPSA) is 40.5 Å². The van der Waals surface area contributed by atoms with Gasteiger partial charge in [0.15, 0.2) is 0 Å². The molecular formula is C10H16O2. The van der Waals surface area contributed by atoms with E-state index in [9.17, 15) is 10.2 Å². The van der Waals surface area contributed by atoms with Crippen LogP contribution in [0.1, 0.15) is 26.7 Å². The van der Waals surface area contributed by atoms with Gasteiger partial charge in [-0.05, 0) is 31.3 Å². The van der Waals surface area contributed by atoms with Gasteiger partial charge in [0.1, 0.15) is 0 Å². The molecule has 12 heavy (non-hydrogen) atoms. The summed E-state index contributed by atoms with van der Waals surface area (Å²) < 4.78 is 0. The van der Waals surface area contributed by atoms with E-state index in [4.69, 9.17) is 0 Å². The fourth-order valence-corrected chi connectivity index (χ4v) is 2.72. The van der Waals surface area contributed by atoms with Crippen LogP contribution in [0.25, 0.3) is 0 Å². The van der Waals surface area contributed by atoms with E-state index in [2.05, 4.69) is 6.08 Å². The molecule has 3 aliphatic rings. The number of aliphatic hydroxyl groups excluding tert-OH is 1. The Morgan fingerprint density at radius 1 is 1.67 bits per heavy atom. The zero-order chi connectivity index (χ0) is 8.98. The molecule has 0 amide bonds. The highest BCUT2D eigenvalue weighted by Crippen LogP contribution is 2.61. The molecular weight excluding hydrogens is 152 g/mol. The van der Waals surface area contributed by atoms with Crippen LogP contribution >= 0.6 is 0 Å². The number of fused-ring (bicyclic) bond motifs is 1. The lowest BCUT2D eigenvalue weighted by atomic mass is 9.45. The van der Waals surface area contributed by atoms with Crippen molar-refractivity contribution in [1.29, 1.82) is 0 Å². The van der Waals surface area contributed by atoms with Crippen molar-refractivity contribution in [2.24, 2.45) is 11.3 Å². The first kappa shape index (κ1) is 8.27. The normalized spacial score (nSPS) is 51.3. The van der Waals surface area contributed by atoms with Crippen LogP contribution in [0, 0.1) is 11.3 Å². The van der Waals surface area contributed by atoms with Gasteiger partial charge in [-0.3, -0.25) is 0 Å². The summed E-state index contributed by atoms with van der Waals surface area (Å²) in [7, 11) is 0. The van der Waals surface area contributed by atoms with Crippen molar-refractivity contribution < 1.29 is 10.2 Å². The summed E-state index contributed by atoms with van der Waals surface area (Å²) in [6, 6.07) is 0. The fourth-order valence-electron chi connectivity index (χ4n) is 2.72. The Morgan fingerprint density at radius 2 is 2.33 bits per heavy atom. The van der Waals surface area contributed by atoms with Crippen LogP contribution < -0.4 is 0 Å². The van der Waals surface area contributed by atoms with Crippen molar-refractivity contribution in [3.8, 4) is 0 Å². The maximum Gasteiger partial charge on any atom is 0.0935 e. The fraction of sp³-hybridized carbons (Fsp3) is 0.800. The van der Waals surface area contributed by atoms with Crippen LogP contribution in [0.3, 0.4) is 0 Å². The van der Waals surface area contributed by atoms with Gasteiger partial charge < -0.3 is 10.2 Å². The maximum absolute atomic E-state index is 10.2. The maximum atomic E-state index is 10.2. The van der Waals surface area contributed by atoms with E-state index in [-0.39, 0.29) is 12.0 Å². The molecule has 0 unspecified atom stereocenters. The SMILES string of the molecule is CC1=CC[C@@H]2C[C@@]1(O)[C@@]2(C)CO. The highest BCUT2D eigenvalue weighted by atomic mass is 16.3. The number of hydrogen-bond acceptors (Lipinski definition) is 2. The zero-order valence-corrected chi connectivity index (χ0v) is 7.67. The summed E-state index contributed by atoms with van der Waals surface area (Å²) in [6.45, 7) is 4.04. The first-order valence-electron chi connectivity index (χ1n) is 4.55. The molecule has 2 nitrogen and oxygen atoms in total. The minimum absolute atomic E-state index is 0.0966. The molecule has 0 aromatic rings. The highest BCUT2D eigenvalue weighted by Gasteiger charge is 2.63. The van der Waals surface area contributed by atoms with Crippen molar-refractivity contribution in [2.75, 3.05) is 6.61 Å². The van der Waals surface area contributed by atoms with E-state index in [0.29, 0.717) is 5.92 Å². The molecule has 0 spiro atoms. The van der Waals surface area contributed by atoms with Gasteiger partial charge in [-0.2, -0.15) is 0 Å². The molecule has 1 fully saturated rings. The lowest BCUT2D eigenvalue weighted by molar-refractivity contribution is -0.203. The van der Waals surface area contributed by atoms with Crippen molar-refractivity contribution in [2.45, 2.75) is 32.3 Å². The van der Waals surface area contributed by atoms with E-state index in [0.717, 1.165) is 18.4 Å². The molecule has 2 N–H and O–H groups in total. The molecule has 3 rings (SSSR count). The van der Waals surface area contributed by atoms with Crippen LogP contribution in [0.2, 0.25) is 0 Å². The molecule has 68 valence electrons. The number of allylic oxidation sites excluding steroid dienone is 1. The number of rotatable bonds is 1. The minimum Gasteiger partial charge on any atom is -0.396 e. The molecule has 3 atom stereocenters. The zero-order valence-electron chi connectivity index (χ0n) is 7.67. The molecule has 0 aromatic carbocycles. The number of hydrogen-bond donors (Lipinski definition) is 2. The van der Waals surface area contributed by atoms with Crippen LogP contribution in [-0.4, -0.2) is 22.4 Å². The smallest absolute Gasteiger partial charge is 0.0935 e. The Balaban J connectivity index is 2.39. The lowest BCUT2D eigenvalue weighted by Crippen LogP contribution is -2.66. The average molecular weight is 168 g/mol. The van der Waals surface area contributed by atoms with Crippen LogP contribution in [-0.2, 0) is 0 Å². The van der Waals surface area contributed by atoms with Gasteiger partial charge >= 0.3 is 0 Å². The van der Waals surface area contributed by atoms with Gasteiger partial charge in [0.2, 0.25) is 0 Å².